The molecule has 0 aliphatic carbocycles. The first-order chi connectivity index (χ1) is 8.33. The largest absolute Gasteiger partial charge is 0.339 e. The summed E-state index contributed by atoms with van der Waals surface area (Å²) in [4.78, 5) is 11.0. The van der Waals surface area contributed by atoms with Gasteiger partial charge in [0, 0.05) is 6.92 Å². The molecule has 0 bridgehead atoms. The Balaban J connectivity index is 3.32. The smallest absolute Gasteiger partial charge is 0.268 e. The standard InChI is InChI=1S/C11H10BrF4NO/c1-6(18)17-11(5-13,10(15)16)7-2-3-9(14)8(12)4-7/h2-4,10H,5H2,1H3,(H,17,18). The first-order valence-electron chi connectivity index (χ1n) is 4.92. The summed E-state index contributed by atoms with van der Waals surface area (Å²) in [5.41, 5.74) is -2.66. The lowest BCUT2D eigenvalue weighted by Gasteiger charge is -2.31. The lowest BCUT2D eigenvalue weighted by atomic mass is 9.91. The van der Waals surface area contributed by atoms with Crippen LogP contribution in [0.3, 0.4) is 0 Å². The molecule has 0 heterocycles. The first kappa shape index (κ1) is 14.9. The Bertz CT molecular complexity index is 455. The van der Waals surface area contributed by atoms with Gasteiger partial charge in [-0.05, 0) is 33.6 Å². The van der Waals surface area contributed by atoms with Crippen LogP contribution in [-0.2, 0) is 10.3 Å². The van der Waals surface area contributed by atoms with Gasteiger partial charge in [0.1, 0.15) is 12.5 Å². The molecule has 1 amide bonds. The van der Waals surface area contributed by atoms with Crippen LogP contribution in [0.2, 0.25) is 0 Å². The topological polar surface area (TPSA) is 29.1 Å². The normalized spacial score (nSPS) is 14.4. The fraction of sp³-hybridized carbons (Fsp3) is 0.364. The number of hydrogen-bond donors (Lipinski definition) is 1. The number of hydrogen-bond acceptors (Lipinski definition) is 1. The van der Waals surface area contributed by atoms with Crippen LogP contribution in [0.15, 0.2) is 22.7 Å². The number of carbonyl (C=O) groups is 1. The van der Waals surface area contributed by atoms with E-state index < -0.39 is 30.4 Å². The van der Waals surface area contributed by atoms with Gasteiger partial charge in [0.2, 0.25) is 5.91 Å². The average molecular weight is 328 g/mol. The summed E-state index contributed by atoms with van der Waals surface area (Å²) in [6, 6.07) is 2.97. The van der Waals surface area contributed by atoms with Crippen LogP contribution in [-0.4, -0.2) is 19.0 Å². The van der Waals surface area contributed by atoms with Gasteiger partial charge >= 0.3 is 0 Å². The Hall–Kier alpha value is -1.11. The van der Waals surface area contributed by atoms with Crippen molar-refractivity contribution in [2.24, 2.45) is 0 Å². The predicted molar refractivity (Wildman–Crippen MR) is 61.6 cm³/mol. The lowest BCUT2D eigenvalue weighted by Crippen LogP contribution is -2.52. The van der Waals surface area contributed by atoms with Gasteiger partial charge in [-0.1, -0.05) is 6.07 Å². The van der Waals surface area contributed by atoms with Crippen molar-refractivity contribution in [2.45, 2.75) is 18.9 Å². The van der Waals surface area contributed by atoms with Gasteiger partial charge in [-0.15, -0.1) is 0 Å². The molecule has 0 saturated carbocycles. The molecule has 1 aromatic carbocycles. The van der Waals surface area contributed by atoms with Crippen LogP contribution >= 0.6 is 15.9 Å². The maximum atomic E-state index is 13.1. The van der Waals surface area contributed by atoms with Crippen LogP contribution in [0.25, 0.3) is 0 Å². The summed E-state index contributed by atoms with van der Waals surface area (Å²) in [5.74, 6) is -1.46. The van der Waals surface area contributed by atoms with E-state index in [9.17, 15) is 22.4 Å². The fourth-order valence-electron chi connectivity index (χ4n) is 1.51. The van der Waals surface area contributed by atoms with E-state index in [0.717, 1.165) is 25.1 Å². The molecule has 0 aliphatic rings. The molecule has 7 heteroatoms. The highest BCUT2D eigenvalue weighted by atomic mass is 79.9. The SMILES string of the molecule is CC(=O)NC(CF)(c1ccc(F)c(Br)c1)C(F)F. The Labute approximate surface area is 109 Å². The molecule has 100 valence electrons. The zero-order valence-corrected chi connectivity index (χ0v) is 10.9. The van der Waals surface area contributed by atoms with Gasteiger partial charge in [0.05, 0.1) is 4.47 Å². The minimum atomic E-state index is -3.16. The quantitative estimate of drug-likeness (QED) is 0.846. The van der Waals surface area contributed by atoms with Crippen molar-refractivity contribution in [3.05, 3.63) is 34.1 Å². The van der Waals surface area contributed by atoms with Crippen LogP contribution in [0.1, 0.15) is 12.5 Å². The van der Waals surface area contributed by atoms with Crippen molar-refractivity contribution >= 4 is 21.8 Å². The van der Waals surface area contributed by atoms with Crippen LogP contribution < -0.4 is 5.32 Å². The van der Waals surface area contributed by atoms with Gasteiger partial charge in [-0.25, -0.2) is 17.6 Å². The number of carbonyl (C=O) groups excluding carboxylic acids is 1. The molecule has 1 aromatic rings. The molecule has 0 aliphatic heterocycles. The monoisotopic (exact) mass is 327 g/mol. The summed E-state index contributed by atoms with van der Waals surface area (Å²) < 4.78 is 52.1. The molecule has 0 saturated heterocycles. The Morgan fingerprint density at radius 1 is 1.50 bits per heavy atom. The predicted octanol–water partition coefficient (Wildman–Crippen LogP) is 3.15. The molecule has 1 N–H and O–H groups in total. The second-order valence-electron chi connectivity index (χ2n) is 3.72. The zero-order chi connectivity index (χ0) is 13.9. The van der Waals surface area contributed by atoms with Crippen molar-refractivity contribution in [3.63, 3.8) is 0 Å². The molecule has 0 spiro atoms. The van der Waals surface area contributed by atoms with Crippen molar-refractivity contribution in [2.75, 3.05) is 6.67 Å². The van der Waals surface area contributed by atoms with E-state index in [4.69, 9.17) is 0 Å². The highest BCUT2D eigenvalue weighted by Gasteiger charge is 2.43. The summed E-state index contributed by atoms with van der Waals surface area (Å²) in [6.45, 7) is -0.492. The molecular weight excluding hydrogens is 318 g/mol. The number of amides is 1. The number of nitrogens with one attached hydrogen (secondary N) is 1. The number of alkyl halides is 3. The Kier molecular flexibility index (Phi) is 4.72. The minimum Gasteiger partial charge on any atom is -0.339 e. The maximum Gasteiger partial charge on any atom is 0.268 e. The Morgan fingerprint density at radius 2 is 2.11 bits per heavy atom. The molecule has 1 atom stereocenters. The van der Waals surface area contributed by atoms with E-state index in [0.29, 0.717) is 0 Å². The highest BCUT2D eigenvalue weighted by molar-refractivity contribution is 9.10. The van der Waals surface area contributed by atoms with Crippen molar-refractivity contribution < 1.29 is 22.4 Å². The van der Waals surface area contributed by atoms with E-state index in [-0.39, 0.29) is 10.0 Å². The van der Waals surface area contributed by atoms with Crippen molar-refractivity contribution in [3.8, 4) is 0 Å². The van der Waals surface area contributed by atoms with Gasteiger partial charge in [-0.2, -0.15) is 0 Å². The number of benzene rings is 1. The number of halogens is 5. The zero-order valence-electron chi connectivity index (χ0n) is 9.31. The maximum absolute atomic E-state index is 13.1. The fourth-order valence-corrected chi connectivity index (χ4v) is 1.89. The molecule has 0 fully saturated rings. The summed E-state index contributed by atoms with van der Waals surface area (Å²) in [5, 5.41) is 1.90. The van der Waals surface area contributed by atoms with Crippen LogP contribution in [0.5, 0.6) is 0 Å². The molecule has 0 radical (unpaired) electrons. The molecule has 2 nitrogen and oxygen atoms in total. The van der Waals surface area contributed by atoms with Crippen molar-refractivity contribution in [1.29, 1.82) is 0 Å². The molecule has 1 unspecified atom stereocenters. The van der Waals surface area contributed by atoms with Gasteiger partial charge in [-0.3, -0.25) is 4.79 Å². The first-order valence-corrected chi connectivity index (χ1v) is 5.71. The second kappa shape index (κ2) is 5.69. The van der Waals surface area contributed by atoms with Gasteiger partial charge < -0.3 is 5.32 Å². The third-order valence-corrected chi connectivity index (χ3v) is 3.02. The van der Waals surface area contributed by atoms with E-state index in [1.54, 1.807) is 0 Å². The lowest BCUT2D eigenvalue weighted by molar-refractivity contribution is -0.124. The third kappa shape index (κ3) is 2.82. The molecular formula is C11H10BrF4NO. The highest BCUT2D eigenvalue weighted by Crippen LogP contribution is 2.32. The minimum absolute atomic E-state index is 0.0798. The molecule has 18 heavy (non-hydrogen) atoms. The van der Waals surface area contributed by atoms with Crippen LogP contribution in [0.4, 0.5) is 17.6 Å². The summed E-state index contributed by atoms with van der Waals surface area (Å²) in [6.07, 6.45) is -3.16. The van der Waals surface area contributed by atoms with E-state index in [2.05, 4.69) is 15.9 Å². The molecule has 1 rings (SSSR count). The second-order valence-corrected chi connectivity index (χ2v) is 4.57. The van der Waals surface area contributed by atoms with Gasteiger partial charge in [0.15, 0.2) is 5.54 Å². The molecule has 0 aromatic heterocycles. The average Bonchev–Trinajstić information content (AvgIpc) is 2.29. The van der Waals surface area contributed by atoms with Crippen LogP contribution in [0, 0.1) is 5.82 Å². The number of rotatable bonds is 4. The summed E-state index contributed by atoms with van der Waals surface area (Å²) >= 11 is 2.83. The van der Waals surface area contributed by atoms with E-state index >= 15 is 0 Å². The summed E-state index contributed by atoms with van der Waals surface area (Å²) in [7, 11) is 0. The van der Waals surface area contributed by atoms with Gasteiger partial charge in [0.25, 0.3) is 6.43 Å². The van der Waals surface area contributed by atoms with E-state index in [1.165, 1.54) is 0 Å². The Morgan fingerprint density at radius 3 is 2.50 bits per heavy atom. The van der Waals surface area contributed by atoms with Crippen molar-refractivity contribution in [1.82, 2.24) is 5.32 Å². The van der Waals surface area contributed by atoms with E-state index in [1.807, 2.05) is 5.32 Å². The third-order valence-electron chi connectivity index (χ3n) is 2.42.